The van der Waals surface area contributed by atoms with Crippen LogP contribution in [-0.2, 0) is 14.3 Å². The molecule has 0 radical (unpaired) electrons. The van der Waals surface area contributed by atoms with Gasteiger partial charge in [-0.15, -0.1) is 0 Å². The van der Waals surface area contributed by atoms with E-state index in [-0.39, 0.29) is 18.0 Å². The molecule has 1 heterocycles. The number of esters is 1. The van der Waals surface area contributed by atoms with Crippen molar-refractivity contribution >= 4 is 5.97 Å². The minimum absolute atomic E-state index is 0.0915. The molecular formula is C10H16O3. The van der Waals surface area contributed by atoms with E-state index in [9.17, 15) is 4.79 Å². The van der Waals surface area contributed by atoms with Gasteiger partial charge in [-0.2, -0.15) is 0 Å². The molecule has 13 heavy (non-hydrogen) atoms. The van der Waals surface area contributed by atoms with E-state index in [1.165, 1.54) is 7.11 Å². The predicted molar refractivity (Wildman–Crippen MR) is 49.3 cm³/mol. The maximum Gasteiger partial charge on any atom is 0.311 e. The Bertz CT molecular complexity index is 198. The lowest BCUT2D eigenvalue weighted by Crippen LogP contribution is -2.34. The number of ether oxygens (including phenoxy) is 2. The van der Waals surface area contributed by atoms with Crippen LogP contribution in [0, 0.1) is 5.92 Å². The monoisotopic (exact) mass is 184 g/mol. The fourth-order valence-corrected chi connectivity index (χ4v) is 1.59. The Hall–Kier alpha value is -0.830. The number of carbonyl (C=O) groups excluding carboxylic acids is 1. The molecule has 0 saturated carbocycles. The van der Waals surface area contributed by atoms with Crippen LogP contribution in [0.2, 0.25) is 0 Å². The van der Waals surface area contributed by atoms with Crippen molar-refractivity contribution in [1.29, 1.82) is 0 Å². The highest BCUT2D eigenvalue weighted by atomic mass is 16.5. The largest absolute Gasteiger partial charge is 0.469 e. The van der Waals surface area contributed by atoms with E-state index in [1.807, 2.05) is 19.1 Å². The molecule has 0 aliphatic carbocycles. The average molecular weight is 184 g/mol. The van der Waals surface area contributed by atoms with Gasteiger partial charge in [-0.05, 0) is 19.8 Å². The number of hydrogen-bond acceptors (Lipinski definition) is 3. The Morgan fingerprint density at radius 3 is 3.00 bits per heavy atom. The van der Waals surface area contributed by atoms with Crippen LogP contribution >= 0.6 is 0 Å². The van der Waals surface area contributed by atoms with Crippen molar-refractivity contribution in [2.45, 2.75) is 25.9 Å². The molecule has 0 aromatic carbocycles. The van der Waals surface area contributed by atoms with Gasteiger partial charge >= 0.3 is 5.97 Å². The van der Waals surface area contributed by atoms with Gasteiger partial charge in [0.15, 0.2) is 0 Å². The van der Waals surface area contributed by atoms with Crippen LogP contribution in [0.5, 0.6) is 0 Å². The lowest BCUT2D eigenvalue weighted by molar-refractivity contribution is -0.152. The van der Waals surface area contributed by atoms with Crippen molar-refractivity contribution in [3.05, 3.63) is 12.2 Å². The fourth-order valence-electron chi connectivity index (χ4n) is 1.59. The first-order chi connectivity index (χ1) is 6.29. The highest BCUT2D eigenvalue weighted by Crippen LogP contribution is 2.22. The van der Waals surface area contributed by atoms with Crippen LogP contribution in [0.4, 0.5) is 0 Å². The Balaban J connectivity index is 2.61. The van der Waals surface area contributed by atoms with E-state index in [1.54, 1.807) is 0 Å². The molecule has 0 amide bonds. The number of carbonyl (C=O) groups is 1. The molecule has 1 rings (SSSR count). The zero-order valence-corrected chi connectivity index (χ0v) is 8.16. The van der Waals surface area contributed by atoms with Gasteiger partial charge < -0.3 is 9.47 Å². The topological polar surface area (TPSA) is 35.5 Å². The van der Waals surface area contributed by atoms with Gasteiger partial charge in [-0.1, -0.05) is 12.2 Å². The molecule has 2 atom stereocenters. The summed E-state index contributed by atoms with van der Waals surface area (Å²) in [5, 5.41) is 0. The standard InChI is InChI=1S/C10H16O3/c1-3-5-9-8(10(11)12-2)6-4-7-13-9/h3,5,8-9H,4,6-7H2,1-2H3/b5-3+/t8-,9-/m0/s1. The third-order valence-corrected chi connectivity index (χ3v) is 2.25. The predicted octanol–water partition coefficient (Wildman–Crippen LogP) is 1.53. The summed E-state index contributed by atoms with van der Waals surface area (Å²) in [5.41, 5.74) is 0. The van der Waals surface area contributed by atoms with E-state index in [4.69, 9.17) is 9.47 Å². The zero-order chi connectivity index (χ0) is 9.68. The molecule has 0 bridgehead atoms. The van der Waals surface area contributed by atoms with Crippen molar-refractivity contribution < 1.29 is 14.3 Å². The van der Waals surface area contributed by atoms with Gasteiger partial charge in [0.2, 0.25) is 0 Å². The molecule has 3 nitrogen and oxygen atoms in total. The minimum Gasteiger partial charge on any atom is -0.469 e. The van der Waals surface area contributed by atoms with Crippen LogP contribution in [0.25, 0.3) is 0 Å². The second kappa shape index (κ2) is 5.02. The summed E-state index contributed by atoms with van der Waals surface area (Å²) >= 11 is 0. The Kier molecular flexibility index (Phi) is 3.96. The molecule has 1 saturated heterocycles. The maximum absolute atomic E-state index is 11.3. The highest BCUT2D eigenvalue weighted by molar-refractivity contribution is 5.73. The van der Waals surface area contributed by atoms with Gasteiger partial charge in [-0.25, -0.2) is 0 Å². The molecule has 74 valence electrons. The summed E-state index contributed by atoms with van der Waals surface area (Å²) in [5.74, 6) is -0.280. The third kappa shape index (κ3) is 2.56. The zero-order valence-electron chi connectivity index (χ0n) is 8.16. The summed E-state index contributed by atoms with van der Waals surface area (Å²) in [7, 11) is 1.42. The molecular weight excluding hydrogens is 168 g/mol. The van der Waals surface area contributed by atoms with Gasteiger partial charge in [0.1, 0.15) is 0 Å². The number of allylic oxidation sites excluding steroid dienone is 1. The minimum atomic E-state index is -0.164. The first-order valence-corrected chi connectivity index (χ1v) is 4.62. The summed E-state index contributed by atoms with van der Waals surface area (Å²) in [6.45, 7) is 2.66. The first-order valence-electron chi connectivity index (χ1n) is 4.62. The summed E-state index contributed by atoms with van der Waals surface area (Å²) in [6, 6.07) is 0. The van der Waals surface area contributed by atoms with Gasteiger partial charge in [0.05, 0.1) is 19.1 Å². The number of rotatable bonds is 2. The van der Waals surface area contributed by atoms with Crippen LogP contribution in [-0.4, -0.2) is 25.8 Å². The molecule has 3 heteroatoms. The second-order valence-electron chi connectivity index (χ2n) is 3.13. The second-order valence-corrected chi connectivity index (χ2v) is 3.13. The highest BCUT2D eigenvalue weighted by Gasteiger charge is 2.30. The van der Waals surface area contributed by atoms with Crippen molar-refractivity contribution in [2.75, 3.05) is 13.7 Å². The lowest BCUT2D eigenvalue weighted by Gasteiger charge is -2.27. The van der Waals surface area contributed by atoms with Crippen LogP contribution in [0.1, 0.15) is 19.8 Å². The molecule has 0 aromatic heterocycles. The SMILES string of the molecule is C/C=C/[C@@H]1OCCC[C@@H]1C(=O)OC. The molecule has 0 spiro atoms. The quantitative estimate of drug-likeness (QED) is 0.482. The van der Waals surface area contributed by atoms with Gasteiger partial charge in [0, 0.05) is 6.61 Å². The van der Waals surface area contributed by atoms with Gasteiger partial charge in [0.25, 0.3) is 0 Å². The molecule has 0 aromatic rings. The fraction of sp³-hybridized carbons (Fsp3) is 0.700. The Morgan fingerprint density at radius 1 is 1.62 bits per heavy atom. The normalized spacial score (nSPS) is 29.1. The van der Waals surface area contributed by atoms with Crippen molar-refractivity contribution in [1.82, 2.24) is 0 Å². The summed E-state index contributed by atoms with van der Waals surface area (Å²) in [6.07, 6.45) is 5.54. The van der Waals surface area contributed by atoms with E-state index < -0.39 is 0 Å². The first kappa shape index (κ1) is 10.3. The van der Waals surface area contributed by atoms with E-state index in [0.29, 0.717) is 0 Å². The molecule has 1 fully saturated rings. The molecule has 0 N–H and O–H groups in total. The van der Waals surface area contributed by atoms with Crippen LogP contribution in [0.15, 0.2) is 12.2 Å². The average Bonchev–Trinajstić information content (AvgIpc) is 2.18. The van der Waals surface area contributed by atoms with Gasteiger partial charge in [-0.3, -0.25) is 4.79 Å². The smallest absolute Gasteiger partial charge is 0.311 e. The molecule has 1 aliphatic rings. The van der Waals surface area contributed by atoms with Crippen LogP contribution in [0.3, 0.4) is 0 Å². The summed E-state index contributed by atoms with van der Waals surface area (Å²) in [4.78, 5) is 11.3. The number of hydrogen-bond donors (Lipinski definition) is 0. The van der Waals surface area contributed by atoms with Crippen molar-refractivity contribution in [3.8, 4) is 0 Å². The third-order valence-electron chi connectivity index (χ3n) is 2.25. The lowest BCUT2D eigenvalue weighted by atomic mass is 9.94. The summed E-state index contributed by atoms with van der Waals surface area (Å²) < 4.78 is 10.2. The molecule has 0 unspecified atom stereocenters. The van der Waals surface area contributed by atoms with Crippen molar-refractivity contribution in [2.24, 2.45) is 5.92 Å². The van der Waals surface area contributed by atoms with E-state index in [0.717, 1.165) is 19.4 Å². The number of methoxy groups -OCH3 is 1. The Labute approximate surface area is 78.7 Å². The Morgan fingerprint density at radius 2 is 2.38 bits per heavy atom. The van der Waals surface area contributed by atoms with E-state index >= 15 is 0 Å². The van der Waals surface area contributed by atoms with E-state index in [2.05, 4.69) is 0 Å². The molecule has 1 aliphatic heterocycles. The van der Waals surface area contributed by atoms with Crippen molar-refractivity contribution in [3.63, 3.8) is 0 Å². The van der Waals surface area contributed by atoms with Crippen LogP contribution < -0.4 is 0 Å². The maximum atomic E-state index is 11.3.